The average molecular weight is 153 g/mol. The fourth-order valence-electron chi connectivity index (χ4n) is 1.52. The summed E-state index contributed by atoms with van der Waals surface area (Å²) in [7, 11) is 0. The molecule has 2 aliphatic rings. The number of fused-ring (bicyclic) bond motifs is 1. The van der Waals surface area contributed by atoms with Crippen molar-refractivity contribution in [3.05, 3.63) is 36.5 Å². The maximum absolute atomic E-state index is 6.01. The van der Waals surface area contributed by atoms with E-state index in [1.165, 1.54) is 0 Å². The Kier molecular flexibility index (Phi) is 1.42. The van der Waals surface area contributed by atoms with Crippen LogP contribution in [0.2, 0.25) is 0 Å². The van der Waals surface area contributed by atoms with Gasteiger partial charge in [-0.3, -0.25) is 0 Å². The second-order valence-corrected chi connectivity index (χ2v) is 3.26. The Morgan fingerprint density at radius 1 is 0.900 bits per heavy atom. The second kappa shape index (κ2) is 2.28. The largest absolute Gasteiger partial charge is 0.118 e. The Balaban J connectivity index is 2.26. The van der Waals surface area contributed by atoms with Crippen molar-refractivity contribution in [3.63, 3.8) is 0 Å². The molecule has 0 aromatic heterocycles. The van der Waals surface area contributed by atoms with Crippen molar-refractivity contribution in [2.45, 2.75) is 5.38 Å². The standard InChI is InChI=1S/C9H9Cl/c10-9-6-5-7-3-1-2-4-8(7)9/h1-9H. The van der Waals surface area contributed by atoms with Crippen LogP contribution in [0.25, 0.3) is 0 Å². The van der Waals surface area contributed by atoms with Crippen LogP contribution in [0.4, 0.5) is 0 Å². The fraction of sp³-hybridized carbons (Fsp3) is 0.333. The van der Waals surface area contributed by atoms with Gasteiger partial charge in [-0.05, 0) is 0 Å². The summed E-state index contributed by atoms with van der Waals surface area (Å²) in [4.78, 5) is 0. The highest BCUT2D eigenvalue weighted by Gasteiger charge is 2.26. The van der Waals surface area contributed by atoms with Crippen molar-refractivity contribution in [3.8, 4) is 0 Å². The summed E-state index contributed by atoms with van der Waals surface area (Å²) < 4.78 is 0. The van der Waals surface area contributed by atoms with E-state index in [0.29, 0.717) is 11.8 Å². The number of hydrogen-bond acceptors (Lipinski definition) is 0. The molecule has 0 nitrogen and oxygen atoms in total. The molecule has 0 amide bonds. The molecule has 0 aliphatic heterocycles. The van der Waals surface area contributed by atoms with Gasteiger partial charge in [-0.1, -0.05) is 36.5 Å². The van der Waals surface area contributed by atoms with Gasteiger partial charge in [0.05, 0.1) is 5.38 Å². The van der Waals surface area contributed by atoms with E-state index in [0.717, 1.165) is 0 Å². The van der Waals surface area contributed by atoms with Gasteiger partial charge in [0, 0.05) is 11.8 Å². The van der Waals surface area contributed by atoms with Gasteiger partial charge in [0.1, 0.15) is 0 Å². The molecule has 0 heterocycles. The SMILES string of the molecule is ClC1C=CC2C=CC=CC12. The molecule has 0 aromatic carbocycles. The predicted molar refractivity (Wildman–Crippen MR) is 44.0 cm³/mol. The Morgan fingerprint density at radius 3 is 2.50 bits per heavy atom. The lowest BCUT2D eigenvalue weighted by Crippen LogP contribution is -2.13. The molecule has 0 saturated heterocycles. The van der Waals surface area contributed by atoms with Gasteiger partial charge < -0.3 is 0 Å². The van der Waals surface area contributed by atoms with Crippen LogP contribution >= 0.6 is 11.6 Å². The Bertz CT molecular complexity index is 213. The maximum Gasteiger partial charge on any atom is 0.0587 e. The van der Waals surface area contributed by atoms with Crippen molar-refractivity contribution < 1.29 is 0 Å². The molecule has 0 saturated carbocycles. The number of allylic oxidation sites excluding steroid dienone is 6. The molecule has 0 spiro atoms. The minimum absolute atomic E-state index is 0.214. The molecule has 0 N–H and O–H groups in total. The predicted octanol–water partition coefficient (Wildman–Crippen LogP) is 2.52. The molecule has 52 valence electrons. The van der Waals surface area contributed by atoms with E-state index in [-0.39, 0.29) is 5.38 Å². The number of rotatable bonds is 0. The Hall–Kier alpha value is -0.490. The van der Waals surface area contributed by atoms with Gasteiger partial charge in [-0.15, -0.1) is 11.6 Å². The van der Waals surface area contributed by atoms with Crippen molar-refractivity contribution in [1.82, 2.24) is 0 Å². The zero-order valence-electron chi connectivity index (χ0n) is 5.57. The third-order valence-corrected chi connectivity index (χ3v) is 2.54. The van der Waals surface area contributed by atoms with Crippen molar-refractivity contribution >= 4 is 11.6 Å². The van der Waals surface area contributed by atoms with Gasteiger partial charge in [0.25, 0.3) is 0 Å². The van der Waals surface area contributed by atoms with E-state index in [2.05, 4.69) is 36.5 Å². The van der Waals surface area contributed by atoms with E-state index in [1.54, 1.807) is 0 Å². The molecule has 3 unspecified atom stereocenters. The zero-order valence-corrected chi connectivity index (χ0v) is 6.33. The summed E-state index contributed by atoms with van der Waals surface area (Å²) in [5.41, 5.74) is 0. The minimum atomic E-state index is 0.214. The lowest BCUT2D eigenvalue weighted by Gasteiger charge is -2.16. The number of halogens is 1. The summed E-state index contributed by atoms with van der Waals surface area (Å²) >= 11 is 6.01. The van der Waals surface area contributed by atoms with E-state index in [4.69, 9.17) is 11.6 Å². The highest BCUT2D eigenvalue weighted by Crippen LogP contribution is 2.33. The molecule has 2 rings (SSSR count). The van der Waals surface area contributed by atoms with Crippen LogP contribution in [0.1, 0.15) is 0 Å². The lowest BCUT2D eigenvalue weighted by atomic mass is 9.91. The molecule has 3 atom stereocenters. The quantitative estimate of drug-likeness (QED) is 0.370. The van der Waals surface area contributed by atoms with Gasteiger partial charge in [-0.2, -0.15) is 0 Å². The summed E-state index contributed by atoms with van der Waals surface area (Å²) in [5, 5.41) is 0.214. The normalized spacial score (nSPS) is 42.3. The number of alkyl halides is 1. The number of hydrogen-bond donors (Lipinski definition) is 0. The lowest BCUT2D eigenvalue weighted by molar-refractivity contribution is 0.602. The molecular weight excluding hydrogens is 144 g/mol. The third-order valence-electron chi connectivity index (χ3n) is 2.11. The summed E-state index contributed by atoms with van der Waals surface area (Å²) in [5.74, 6) is 1.08. The van der Waals surface area contributed by atoms with Gasteiger partial charge >= 0.3 is 0 Å². The first kappa shape index (κ1) is 6.23. The molecule has 0 aromatic rings. The van der Waals surface area contributed by atoms with Crippen LogP contribution in [0.5, 0.6) is 0 Å². The Labute approximate surface area is 65.9 Å². The summed E-state index contributed by atoms with van der Waals surface area (Å²) in [6.45, 7) is 0. The fourth-order valence-corrected chi connectivity index (χ4v) is 1.85. The van der Waals surface area contributed by atoms with Crippen LogP contribution in [-0.4, -0.2) is 5.38 Å². The smallest absolute Gasteiger partial charge is 0.0587 e. The maximum atomic E-state index is 6.01. The van der Waals surface area contributed by atoms with Crippen molar-refractivity contribution in [2.75, 3.05) is 0 Å². The average Bonchev–Trinajstić information content (AvgIpc) is 2.34. The monoisotopic (exact) mass is 152 g/mol. The Morgan fingerprint density at radius 2 is 1.70 bits per heavy atom. The molecule has 10 heavy (non-hydrogen) atoms. The van der Waals surface area contributed by atoms with Crippen LogP contribution in [0.3, 0.4) is 0 Å². The van der Waals surface area contributed by atoms with Crippen LogP contribution in [-0.2, 0) is 0 Å². The van der Waals surface area contributed by atoms with Crippen LogP contribution < -0.4 is 0 Å². The first-order chi connectivity index (χ1) is 4.88. The highest BCUT2D eigenvalue weighted by molar-refractivity contribution is 6.22. The molecule has 0 bridgehead atoms. The highest BCUT2D eigenvalue weighted by atomic mass is 35.5. The molecular formula is C9H9Cl. The van der Waals surface area contributed by atoms with Gasteiger partial charge in [0.15, 0.2) is 0 Å². The molecule has 0 fully saturated rings. The zero-order chi connectivity index (χ0) is 6.97. The van der Waals surface area contributed by atoms with Crippen molar-refractivity contribution in [1.29, 1.82) is 0 Å². The summed E-state index contributed by atoms with van der Waals surface area (Å²) in [6.07, 6.45) is 12.8. The van der Waals surface area contributed by atoms with E-state index >= 15 is 0 Å². The molecule has 1 heteroatoms. The van der Waals surface area contributed by atoms with Gasteiger partial charge in [0.2, 0.25) is 0 Å². The topological polar surface area (TPSA) is 0 Å². The second-order valence-electron chi connectivity index (χ2n) is 2.75. The van der Waals surface area contributed by atoms with E-state index < -0.39 is 0 Å². The molecule has 2 aliphatic carbocycles. The first-order valence-corrected chi connectivity index (χ1v) is 3.99. The first-order valence-electron chi connectivity index (χ1n) is 3.55. The van der Waals surface area contributed by atoms with Crippen LogP contribution in [0.15, 0.2) is 36.5 Å². The summed E-state index contributed by atoms with van der Waals surface area (Å²) in [6, 6.07) is 0. The third kappa shape index (κ3) is 0.836. The van der Waals surface area contributed by atoms with E-state index in [1.807, 2.05) is 0 Å². The van der Waals surface area contributed by atoms with Crippen molar-refractivity contribution in [2.24, 2.45) is 11.8 Å². The van der Waals surface area contributed by atoms with Crippen LogP contribution in [0, 0.1) is 11.8 Å². The van der Waals surface area contributed by atoms with Gasteiger partial charge in [-0.25, -0.2) is 0 Å². The minimum Gasteiger partial charge on any atom is -0.118 e. The van der Waals surface area contributed by atoms with E-state index in [9.17, 15) is 0 Å². The molecule has 0 radical (unpaired) electrons.